The molecule has 0 bridgehead atoms. The lowest BCUT2D eigenvalue weighted by Crippen LogP contribution is -1.99. The smallest absolute Gasteiger partial charge is 0.309 e. The average molecular weight is 275 g/mol. The molecule has 1 aromatic heterocycles. The summed E-state index contributed by atoms with van der Waals surface area (Å²) >= 11 is 0. The molecule has 0 radical (unpaired) electrons. The number of hydrogen-bond acceptors (Lipinski definition) is 4. The van der Waals surface area contributed by atoms with Gasteiger partial charge in [-0.1, -0.05) is 13.3 Å². The molecule has 0 unspecified atom stereocenters. The Labute approximate surface area is 117 Å². The first-order chi connectivity index (χ1) is 9.69. The highest BCUT2D eigenvalue weighted by Gasteiger charge is 2.09. The summed E-state index contributed by atoms with van der Waals surface area (Å²) in [6.07, 6.45) is 3.36. The van der Waals surface area contributed by atoms with E-state index in [-0.39, 0.29) is 6.42 Å². The van der Waals surface area contributed by atoms with Crippen LogP contribution in [0.2, 0.25) is 0 Å². The lowest BCUT2D eigenvalue weighted by Gasteiger charge is -2.05. The van der Waals surface area contributed by atoms with Gasteiger partial charge in [-0.25, -0.2) is 4.98 Å². The Hall–Kier alpha value is -2.30. The van der Waals surface area contributed by atoms with Gasteiger partial charge in [-0.3, -0.25) is 4.79 Å². The zero-order valence-corrected chi connectivity index (χ0v) is 11.3. The van der Waals surface area contributed by atoms with Crippen LogP contribution in [0.3, 0.4) is 0 Å². The molecule has 5 nitrogen and oxygen atoms in total. The number of rotatable bonds is 7. The molecule has 106 valence electrons. The number of carboxylic acid groups (broad SMARTS) is 1. The monoisotopic (exact) mass is 275 g/mol. The molecule has 5 heteroatoms. The molecule has 0 saturated heterocycles. The summed E-state index contributed by atoms with van der Waals surface area (Å²) in [6, 6.07) is 7.40. The predicted octanol–water partition coefficient (Wildman–Crippen LogP) is 3.15. The Morgan fingerprint density at radius 1 is 1.35 bits per heavy atom. The number of carboxylic acids is 1. The van der Waals surface area contributed by atoms with Crippen LogP contribution < -0.4 is 4.74 Å². The Balaban J connectivity index is 2.02. The van der Waals surface area contributed by atoms with E-state index < -0.39 is 5.97 Å². The van der Waals surface area contributed by atoms with E-state index in [1.165, 1.54) is 6.26 Å². The molecule has 0 aliphatic carbocycles. The number of benzene rings is 1. The lowest BCUT2D eigenvalue weighted by atomic mass is 10.2. The van der Waals surface area contributed by atoms with E-state index in [4.69, 9.17) is 14.3 Å². The average Bonchev–Trinajstić information content (AvgIpc) is 2.87. The van der Waals surface area contributed by atoms with Crippen molar-refractivity contribution in [3.05, 3.63) is 36.2 Å². The van der Waals surface area contributed by atoms with Crippen LogP contribution in [0.4, 0.5) is 0 Å². The molecule has 0 atom stereocenters. The summed E-state index contributed by atoms with van der Waals surface area (Å²) in [7, 11) is 0. The minimum atomic E-state index is -0.926. The Morgan fingerprint density at radius 2 is 2.10 bits per heavy atom. The Morgan fingerprint density at radius 3 is 2.75 bits per heavy atom. The van der Waals surface area contributed by atoms with Crippen LogP contribution in [-0.2, 0) is 11.2 Å². The van der Waals surface area contributed by atoms with Crippen molar-refractivity contribution < 1.29 is 19.1 Å². The van der Waals surface area contributed by atoms with Crippen LogP contribution >= 0.6 is 0 Å². The van der Waals surface area contributed by atoms with Gasteiger partial charge in [0.1, 0.15) is 12.0 Å². The molecule has 0 spiro atoms. The fourth-order valence-electron chi connectivity index (χ4n) is 1.70. The number of carbonyl (C=O) groups is 1. The van der Waals surface area contributed by atoms with Crippen molar-refractivity contribution in [1.29, 1.82) is 0 Å². The summed E-state index contributed by atoms with van der Waals surface area (Å²) in [6.45, 7) is 2.82. The van der Waals surface area contributed by atoms with Gasteiger partial charge < -0.3 is 14.3 Å². The van der Waals surface area contributed by atoms with Gasteiger partial charge in [0.15, 0.2) is 0 Å². The van der Waals surface area contributed by atoms with Crippen molar-refractivity contribution in [3.63, 3.8) is 0 Å². The Bertz CT molecular complexity index is 560. The zero-order chi connectivity index (χ0) is 14.4. The first-order valence-electron chi connectivity index (χ1n) is 6.58. The number of hydrogen-bond donors (Lipinski definition) is 1. The Kier molecular flexibility index (Phi) is 4.76. The fraction of sp³-hybridized carbons (Fsp3) is 0.333. The van der Waals surface area contributed by atoms with Gasteiger partial charge in [0.05, 0.1) is 18.7 Å². The van der Waals surface area contributed by atoms with Crippen molar-refractivity contribution in [2.75, 3.05) is 6.61 Å². The van der Waals surface area contributed by atoms with Gasteiger partial charge in [0.25, 0.3) is 0 Å². The minimum absolute atomic E-state index is 0.137. The van der Waals surface area contributed by atoms with Gasteiger partial charge in [0, 0.05) is 5.56 Å². The fourth-order valence-corrected chi connectivity index (χ4v) is 1.70. The number of ether oxygens (including phenoxy) is 1. The van der Waals surface area contributed by atoms with Gasteiger partial charge in [-0.15, -0.1) is 0 Å². The van der Waals surface area contributed by atoms with Crippen molar-refractivity contribution in [3.8, 4) is 17.2 Å². The molecule has 1 N–H and O–H groups in total. The van der Waals surface area contributed by atoms with E-state index in [1.54, 1.807) is 0 Å². The largest absolute Gasteiger partial charge is 0.494 e. The van der Waals surface area contributed by atoms with Gasteiger partial charge >= 0.3 is 5.97 Å². The van der Waals surface area contributed by atoms with Crippen LogP contribution in [0.15, 0.2) is 34.9 Å². The van der Waals surface area contributed by atoms with E-state index in [2.05, 4.69) is 11.9 Å². The summed E-state index contributed by atoms with van der Waals surface area (Å²) in [5, 5.41) is 8.69. The third-order valence-electron chi connectivity index (χ3n) is 2.75. The summed E-state index contributed by atoms with van der Waals surface area (Å²) < 4.78 is 10.8. The van der Waals surface area contributed by atoms with E-state index >= 15 is 0 Å². The molecule has 2 rings (SSSR count). The molecule has 20 heavy (non-hydrogen) atoms. The second-order valence-electron chi connectivity index (χ2n) is 4.44. The summed E-state index contributed by atoms with van der Waals surface area (Å²) in [5.41, 5.74) is 1.21. The maximum atomic E-state index is 10.6. The lowest BCUT2D eigenvalue weighted by molar-refractivity contribution is -0.136. The van der Waals surface area contributed by atoms with Crippen LogP contribution in [0.1, 0.15) is 25.5 Å². The van der Waals surface area contributed by atoms with Gasteiger partial charge in [-0.05, 0) is 30.7 Å². The van der Waals surface area contributed by atoms with Crippen LogP contribution in [0, 0.1) is 0 Å². The molecule has 1 aromatic carbocycles. The van der Waals surface area contributed by atoms with Crippen LogP contribution in [-0.4, -0.2) is 22.7 Å². The normalized spacial score (nSPS) is 10.4. The maximum Gasteiger partial charge on any atom is 0.309 e. The van der Waals surface area contributed by atoms with Crippen molar-refractivity contribution in [2.45, 2.75) is 26.2 Å². The first-order valence-corrected chi connectivity index (χ1v) is 6.58. The standard InChI is InChI=1S/C15H17NO4/c1-2-3-8-19-13-6-4-11(5-7-13)15-16-12(10-20-15)9-14(17)18/h4-7,10H,2-3,8-9H2,1H3,(H,17,18). The molecule has 0 fully saturated rings. The van der Waals surface area contributed by atoms with Crippen molar-refractivity contribution in [1.82, 2.24) is 4.98 Å². The van der Waals surface area contributed by atoms with Crippen molar-refractivity contribution >= 4 is 5.97 Å². The quantitative estimate of drug-likeness (QED) is 0.786. The summed E-state index contributed by atoms with van der Waals surface area (Å²) in [5.74, 6) is 0.297. The number of aliphatic carboxylic acids is 1. The van der Waals surface area contributed by atoms with E-state index in [9.17, 15) is 4.79 Å². The van der Waals surface area contributed by atoms with Gasteiger partial charge in [-0.2, -0.15) is 0 Å². The number of aromatic nitrogens is 1. The zero-order valence-electron chi connectivity index (χ0n) is 11.3. The molecular formula is C15H17NO4. The first kappa shape index (κ1) is 14.1. The summed E-state index contributed by atoms with van der Waals surface area (Å²) in [4.78, 5) is 14.7. The number of oxazole rings is 1. The van der Waals surface area contributed by atoms with Crippen molar-refractivity contribution in [2.24, 2.45) is 0 Å². The van der Waals surface area contributed by atoms with Crippen LogP contribution in [0.25, 0.3) is 11.5 Å². The second-order valence-corrected chi connectivity index (χ2v) is 4.44. The topological polar surface area (TPSA) is 72.6 Å². The van der Waals surface area contributed by atoms with E-state index in [1.807, 2.05) is 24.3 Å². The molecule has 0 amide bonds. The molecule has 1 heterocycles. The molecule has 0 aliphatic heterocycles. The third-order valence-corrected chi connectivity index (χ3v) is 2.75. The highest BCUT2D eigenvalue weighted by molar-refractivity contribution is 5.69. The minimum Gasteiger partial charge on any atom is -0.494 e. The predicted molar refractivity (Wildman–Crippen MR) is 73.7 cm³/mol. The van der Waals surface area contributed by atoms with Gasteiger partial charge in [0.2, 0.25) is 5.89 Å². The molecular weight excluding hydrogens is 258 g/mol. The third kappa shape index (κ3) is 3.85. The molecule has 0 saturated carbocycles. The van der Waals surface area contributed by atoms with Crippen LogP contribution in [0.5, 0.6) is 5.75 Å². The highest BCUT2D eigenvalue weighted by atomic mass is 16.5. The number of nitrogens with zero attached hydrogens (tertiary/aromatic N) is 1. The van der Waals surface area contributed by atoms with E-state index in [0.717, 1.165) is 24.2 Å². The molecule has 0 aliphatic rings. The second kappa shape index (κ2) is 6.75. The maximum absolute atomic E-state index is 10.6. The highest BCUT2D eigenvalue weighted by Crippen LogP contribution is 2.22. The number of unbranched alkanes of at least 4 members (excludes halogenated alkanes) is 1. The molecule has 2 aromatic rings. The SMILES string of the molecule is CCCCOc1ccc(-c2nc(CC(=O)O)co2)cc1. The van der Waals surface area contributed by atoms with E-state index in [0.29, 0.717) is 18.2 Å².